The van der Waals surface area contributed by atoms with Crippen molar-refractivity contribution in [2.75, 3.05) is 0 Å². The lowest BCUT2D eigenvalue weighted by Crippen LogP contribution is -2.35. The van der Waals surface area contributed by atoms with Crippen LogP contribution < -0.4 is 11.1 Å². The molecule has 0 radical (unpaired) electrons. The van der Waals surface area contributed by atoms with Gasteiger partial charge in [0, 0.05) is 6.20 Å². The second-order valence-corrected chi connectivity index (χ2v) is 2.75. The molecule has 0 aliphatic rings. The third kappa shape index (κ3) is 2.94. The van der Waals surface area contributed by atoms with Gasteiger partial charge in [-0.1, -0.05) is 0 Å². The number of pyridine rings is 1. The standard InChI is InChI=1S/C8H6F3N3O2/c9-8(10,11)4-1-2-5(13-3-4)6(15)14-7(12)16/h1-3H,(H3,12,14,15,16). The number of hydrogen-bond acceptors (Lipinski definition) is 3. The van der Waals surface area contributed by atoms with Crippen molar-refractivity contribution in [3.05, 3.63) is 29.6 Å². The number of rotatable bonds is 1. The minimum atomic E-state index is -4.52. The van der Waals surface area contributed by atoms with Crippen LogP contribution in [0.3, 0.4) is 0 Å². The Bertz CT molecular complexity index is 414. The number of aromatic nitrogens is 1. The summed E-state index contributed by atoms with van der Waals surface area (Å²) in [5.41, 5.74) is 3.34. The molecule has 0 aliphatic carbocycles. The summed E-state index contributed by atoms with van der Waals surface area (Å²) in [6.45, 7) is 0. The van der Waals surface area contributed by atoms with E-state index in [0.717, 1.165) is 6.07 Å². The molecule has 0 bridgehead atoms. The molecule has 1 heterocycles. The Kier molecular flexibility index (Phi) is 3.11. The van der Waals surface area contributed by atoms with E-state index in [2.05, 4.69) is 10.7 Å². The van der Waals surface area contributed by atoms with E-state index in [0.29, 0.717) is 12.3 Å². The van der Waals surface area contributed by atoms with Crippen LogP contribution in [0.25, 0.3) is 0 Å². The first-order chi connectivity index (χ1) is 7.30. The molecular formula is C8H6F3N3O2. The van der Waals surface area contributed by atoms with Crippen LogP contribution in [0.15, 0.2) is 18.3 Å². The number of amides is 3. The Morgan fingerprint density at radius 3 is 2.31 bits per heavy atom. The molecule has 0 atom stereocenters. The molecule has 0 unspecified atom stereocenters. The number of hydrogen-bond donors (Lipinski definition) is 2. The topological polar surface area (TPSA) is 85.1 Å². The van der Waals surface area contributed by atoms with Crippen LogP contribution in [0.4, 0.5) is 18.0 Å². The minimum absolute atomic E-state index is 0.327. The van der Waals surface area contributed by atoms with E-state index in [1.165, 1.54) is 0 Å². The fourth-order valence-electron chi connectivity index (χ4n) is 0.872. The van der Waals surface area contributed by atoms with Gasteiger partial charge in [-0.05, 0) is 12.1 Å². The molecule has 16 heavy (non-hydrogen) atoms. The number of nitrogens with zero attached hydrogens (tertiary/aromatic N) is 1. The predicted octanol–water partition coefficient (Wildman–Crippen LogP) is 0.909. The van der Waals surface area contributed by atoms with Gasteiger partial charge >= 0.3 is 12.2 Å². The summed E-state index contributed by atoms with van der Waals surface area (Å²) in [6, 6.07) is 0.427. The maximum Gasteiger partial charge on any atom is 0.417 e. The zero-order valence-electron chi connectivity index (χ0n) is 7.71. The number of primary amides is 1. The lowest BCUT2D eigenvalue weighted by Gasteiger charge is -2.06. The van der Waals surface area contributed by atoms with Gasteiger partial charge < -0.3 is 5.73 Å². The van der Waals surface area contributed by atoms with Crippen LogP contribution in [0.5, 0.6) is 0 Å². The highest BCUT2D eigenvalue weighted by molar-refractivity contribution is 6.02. The average Bonchev–Trinajstić information content (AvgIpc) is 2.15. The number of halogens is 3. The lowest BCUT2D eigenvalue weighted by atomic mass is 10.2. The van der Waals surface area contributed by atoms with Crippen LogP contribution in [-0.4, -0.2) is 16.9 Å². The minimum Gasteiger partial charge on any atom is -0.351 e. The molecule has 1 aromatic heterocycles. The first-order valence-electron chi connectivity index (χ1n) is 3.95. The van der Waals surface area contributed by atoms with Crippen LogP contribution in [-0.2, 0) is 6.18 Å². The molecule has 86 valence electrons. The Labute approximate surface area is 87.5 Å². The van der Waals surface area contributed by atoms with Crippen molar-refractivity contribution >= 4 is 11.9 Å². The smallest absolute Gasteiger partial charge is 0.351 e. The molecule has 0 fully saturated rings. The second kappa shape index (κ2) is 4.17. The maximum atomic E-state index is 12.1. The predicted molar refractivity (Wildman–Crippen MR) is 46.3 cm³/mol. The van der Waals surface area contributed by atoms with Gasteiger partial charge in [-0.15, -0.1) is 0 Å². The van der Waals surface area contributed by atoms with E-state index in [-0.39, 0.29) is 5.69 Å². The highest BCUT2D eigenvalue weighted by Crippen LogP contribution is 2.28. The van der Waals surface area contributed by atoms with Gasteiger partial charge in [-0.25, -0.2) is 4.79 Å². The number of imide groups is 1. The molecular weight excluding hydrogens is 227 g/mol. The number of urea groups is 1. The molecule has 0 spiro atoms. The SMILES string of the molecule is NC(=O)NC(=O)c1ccc(C(F)(F)F)cn1. The van der Waals surface area contributed by atoms with E-state index in [4.69, 9.17) is 0 Å². The molecule has 0 saturated carbocycles. The summed E-state index contributed by atoms with van der Waals surface area (Å²) >= 11 is 0. The summed E-state index contributed by atoms with van der Waals surface area (Å²) in [6.07, 6.45) is -4.03. The van der Waals surface area contributed by atoms with Crippen LogP contribution in [0.1, 0.15) is 16.1 Å². The molecule has 3 N–H and O–H groups in total. The van der Waals surface area contributed by atoms with Gasteiger partial charge in [-0.2, -0.15) is 13.2 Å². The van der Waals surface area contributed by atoms with E-state index in [1.807, 2.05) is 0 Å². The monoisotopic (exact) mass is 233 g/mol. The number of alkyl halides is 3. The van der Waals surface area contributed by atoms with Crippen molar-refractivity contribution in [1.82, 2.24) is 10.3 Å². The van der Waals surface area contributed by atoms with Gasteiger partial charge in [0.1, 0.15) is 5.69 Å². The van der Waals surface area contributed by atoms with Crippen LogP contribution in [0, 0.1) is 0 Å². The van der Waals surface area contributed by atoms with E-state index in [1.54, 1.807) is 5.32 Å². The third-order valence-corrected chi connectivity index (χ3v) is 1.56. The number of nitrogens with one attached hydrogen (secondary N) is 1. The molecule has 1 rings (SSSR count). The van der Waals surface area contributed by atoms with Gasteiger partial charge in [0.05, 0.1) is 5.56 Å². The largest absolute Gasteiger partial charge is 0.417 e. The summed E-state index contributed by atoms with van der Waals surface area (Å²) in [7, 11) is 0. The molecule has 5 nitrogen and oxygen atoms in total. The second-order valence-electron chi connectivity index (χ2n) is 2.75. The molecule has 8 heteroatoms. The summed E-state index contributed by atoms with van der Waals surface area (Å²) in [5.74, 6) is -0.957. The number of carbonyl (C=O) groups is 2. The highest BCUT2D eigenvalue weighted by Gasteiger charge is 2.30. The van der Waals surface area contributed by atoms with Crippen molar-refractivity contribution in [3.8, 4) is 0 Å². The van der Waals surface area contributed by atoms with Gasteiger partial charge in [-0.3, -0.25) is 15.1 Å². The lowest BCUT2D eigenvalue weighted by molar-refractivity contribution is -0.137. The van der Waals surface area contributed by atoms with Crippen molar-refractivity contribution < 1.29 is 22.8 Å². The van der Waals surface area contributed by atoms with E-state index >= 15 is 0 Å². The Balaban J connectivity index is 2.87. The normalized spacial score (nSPS) is 10.9. The summed E-state index contributed by atoms with van der Waals surface area (Å²) < 4.78 is 36.3. The molecule has 0 aromatic carbocycles. The zero-order valence-corrected chi connectivity index (χ0v) is 7.71. The van der Waals surface area contributed by atoms with Gasteiger partial charge in [0.15, 0.2) is 0 Å². The van der Waals surface area contributed by atoms with Crippen LogP contribution in [0.2, 0.25) is 0 Å². The van der Waals surface area contributed by atoms with Crippen molar-refractivity contribution in [3.63, 3.8) is 0 Å². The fraction of sp³-hybridized carbons (Fsp3) is 0.125. The Morgan fingerprint density at radius 1 is 1.31 bits per heavy atom. The summed E-state index contributed by atoms with van der Waals surface area (Å²) in [5, 5.41) is 1.67. The molecule has 0 aliphatic heterocycles. The first-order valence-corrected chi connectivity index (χ1v) is 3.95. The van der Waals surface area contributed by atoms with Crippen LogP contribution >= 0.6 is 0 Å². The molecule has 3 amide bonds. The van der Waals surface area contributed by atoms with Crippen molar-refractivity contribution in [2.45, 2.75) is 6.18 Å². The Hall–Kier alpha value is -2.12. The van der Waals surface area contributed by atoms with E-state index in [9.17, 15) is 22.8 Å². The van der Waals surface area contributed by atoms with Gasteiger partial charge in [0.25, 0.3) is 5.91 Å². The van der Waals surface area contributed by atoms with Crippen molar-refractivity contribution in [1.29, 1.82) is 0 Å². The molecule has 1 aromatic rings. The third-order valence-electron chi connectivity index (χ3n) is 1.56. The van der Waals surface area contributed by atoms with E-state index < -0.39 is 23.7 Å². The fourth-order valence-corrected chi connectivity index (χ4v) is 0.872. The average molecular weight is 233 g/mol. The van der Waals surface area contributed by atoms with Gasteiger partial charge in [0.2, 0.25) is 0 Å². The number of carbonyl (C=O) groups excluding carboxylic acids is 2. The quantitative estimate of drug-likeness (QED) is 0.755. The zero-order chi connectivity index (χ0) is 12.3. The van der Waals surface area contributed by atoms with Crippen molar-refractivity contribution in [2.24, 2.45) is 5.73 Å². The summed E-state index contributed by atoms with van der Waals surface area (Å²) in [4.78, 5) is 24.6. The highest BCUT2D eigenvalue weighted by atomic mass is 19.4. The molecule has 0 saturated heterocycles. The number of nitrogens with two attached hydrogens (primary N) is 1. The first kappa shape index (κ1) is 12.0. The maximum absolute atomic E-state index is 12.1. The Morgan fingerprint density at radius 2 is 1.94 bits per heavy atom.